The van der Waals surface area contributed by atoms with Crippen LogP contribution in [0.25, 0.3) is 11.1 Å². The molecule has 0 saturated heterocycles. The van der Waals surface area contributed by atoms with Crippen molar-refractivity contribution in [1.82, 2.24) is 0 Å². The lowest BCUT2D eigenvalue weighted by atomic mass is 9.95. The number of hydrogen-bond donors (Lipinski definition) is 3. The first-order valence-corrected chi connectivity index (χ1v) is 7.12. The van der Waals surface area contributed by atoms with Crippen molar-refractivity contribution in [1.29, 1.82) is 0 Å². The molecule has 0 heterocycles. The zero-order valence-electron chi connectivity index (χ0n) is 12.8. The number of nitrogens with two attached hydrogens (primary N) is 1. The summed E-state index contributed by atoms with van der Waals surface area (Å²) >= 11 is 0. The molecule has 2 aliphatic rings. The number of nitrogen functional groups attached to an aromatic ring is 1. The Hall–Kier alpha value is -2.97. The zero-order chi connectivity index (χ0) is 16.8. The Kier molecular flexibility index (Phi) is 5.23. The summed E-state index contributed by atoms with van der Waals surface area (Å²) in [5.74, 6) is 2.41. The van der Waals surface area contributed by atoms with Gasteiger partial charge in [0.25, 0.3) is 0 Å². The zero-order valence-corrected chi connectivity index (χ0v) is 12.8. The molecule has 1 amide bonds. The van der Waals surface area contributed by atoms with Crippen LogP contribution in [0, 0.1) is 12.3 Å². The topological polar surface area (TPSA) is 84.6 Å². The molecular formula is C18H18N2O3. The lowest BCUT2D eigenvalue weighted by Gasteiger charge is -2.10. The highest BCUT2D eigenvalue weighted by Gasteiger charge is 2.09. The summed E-state index contributed by atoms with van der Waals surface area (Å²) < 4.78 is 5.23. The van der Waals surface area contributed by atoms with E-state index >= 15 is 0 Å². The third kappa shape index (κ3) is 4.02. The van der Waals surface area contributed by atoms with Crippen molar-refractivity contribution in [3.8, 4) is 23.5 Å². The van der Waals surface area contributed by atoms with Crippen molar-refractivity contribution in [2.75, 3.05) is 17.7 Å². The highest BCUT2D eigenvalue weighted by molar-refractivity contribution is 5.89. The van der Waals surface area contributed by atoms with Crippen LogP contribution in [-0.2, 0) is 11.3 Å². The maximum atomic E-state index is 10.6. The number of fused-ring (bicyclic) bond motifs is 1. The summed E-state index contributed by atoms with van der Waals surface area (Å²) in [5.41, 5.74) is 10.3. The summed E-state index contributed by atoms with van der Waals surface area (Å²) in [6.45, 7) is 2.80. The molecule has 118 valence electrons. The number of terminal acetylenes is 1. The van der Waals surface area contributed by atoms with E-state index in [0.29, 0.717) is 18.8 Å². The summed E-state index contributed by atoms with van der Waals surface area (Å²) in [5, 5.41) is 10.9. The summed E-state index contributed by atoms with van der Waals surface area (Å²) in [6.07, 6.45) is 4.12. The van der Waals surface area contributed by atoms with Gasteiger partial charge in [-0.2, -0.15) is 0 Å². The maximum absolute atomic E-state index is 10.6. The molecule has 0 aromatic heterocycles. The average Bonchev–Trinajstić information content (AvgIpc) is 2.51. The van der Waals surface area contributed by atoms with Crippen LogP contribution < -0.4 is 11.1 Å². The molecule has 2 aliphatic carbocycles. The Labute approximate surface area is 135 Å². The number of hydrogen-bond acceptors (Lipinski definition) is 3. The maximum Gasteiger partial charge on any atom is 0.409 e. The first-order chi connectivity index (χ1) is 11.0. The summed E-state index contributed by atoms with van der Waals surface area (Å²) in [6, 6.07) is 11.8. The van der Waals surface area contributed by atoms with Crippen LogP contribution in [0.15, 0.2) is 36.4 Å². The van der Waals surface area contributed by atoms with Crippen molar-refractivity contribution in [3.05, 3.63) is 47.5 Å². The lowest BCUT2D eigenvalue weighted by Crippen LogP contribution is -2.11. The molecule has 0 atom stereocenters. The van der Waals surface area contributed by atoms with Crippen LogP contribution in [0.5, 0.6) is 0 Å². The first kappa shape index (κ1) is 16.4. The van der Waals surface area contributed by atoms with Crippen molar-refractivity contribution < 1.29 is 14.6 Å². The van der Waals surface area contributed by atoms with E-state index in [1.807, 2.05) is 6.92 Å². The fourth-order valence-corrected chi connectivity index (χ4v) is 2.02. The molecule has 5 nitrogen and oxygen atoms in total. The van der Waals surface area contributed by atoms with Crippen molar-refractivity contribution in [3.63, 3.8) is 0 Å². The average molecular weight is 310 g/mol. The minimum absolute atomic E-state index is 0.246. The van der Waals surface area contributed by atoms with Gasteiger partial charge in [0.05, 0.1) is 18.0 Å². The van der Waals surface area contributed by atoms with Crippen molar-refractivity contribution >= 4 is 17.5 Å². The summed E-state index contributed by atoms with van der Waals surface area (Å²) in [7, 11) is 0. The van der Waals surface area contributed by atoms with Crippen LogP contribution in [0.1, 0.15) is 18.1 Å². The van der Waals surface area contributed by atoms with E-state index in [9.17, 15) is 4.79 Å². The van der Waals surface area contributed by atoms with E-state index in [2.05, 4.69) is 35.5 Å². The van der Waals surface area contributed by atoms with Gasteiger partial charge in [-0.15, -0.1) is 6.42 Å². The van der Waals surface area contributed by atoms with E-state index in [1.165, 1.54) is 11.1 Å². The normalized spacial score (nSPS) is 10.1. The highest BCUT2D eigenvalue weighted by atomic mass is 16.5. The Morgan fingerprint density at radius 2 is 1.91 bits per heavy atom. The number of ether oxygens (including phenoxy) is 1. The molecule has 1 aromatic carbocycles. The first-order valence-electron chi connectivity index (χ1n) is 7.12. The molecule has 4 N–H and O–H groups in total. The molecular weight excluding hydrogens is 292 g/mol. The molecule has 23 heavy (non-hydrogen) atoms. The van der Waals surface area contributed by atoms with Gasteiger partial charge in [-0.25, -0.2) is 4.79 Å². The molecule has 0 spiro atoms. The molecule has 0 aliphatic heterocycles. The lowest BCUT2D eigenvalue weighted by molar-refractivity contribution is 0.134. The SMILES string of the molecule is C#Cc1cc(COCC)cc(NC(=O)O)c1N.c1cc2ccc1-2. The van der Waals surface area contributed by atoms with Crippen LogP contribution in [-0.4, -0.2) is 17.8 Å². The van der Waals surface area contributed by atoms with Gasteiger partial charge < -0.3 is 15.6 Å². The second kappa shape index (κ2) is 7.34. The second-order valence-corrected chi connectivity index (χ2v) is 4.89. The quantitative estimate of drug-likeness (QED) is 0.508. The van der Waals surface area contributed by atoms with Gasteiger partial charge in [0.2, 0.25) is 0 Å². The van der Waals surface area contributed by atoms with Gasteiger partial charge in [-0.3, -0.25) is 5.32 Å². The number of benzene rings is 2. The highest BCUT2D eigenvalue weighted by Crippen LogP contribution is 2.29. The number of rotatable bonds is 4. The monoisotopic (exact) mass is 310 g/mol. The third-order valence-corrected chi connectivity index (χ3v) is 3.33. The molecule has 3 rings (SSSR count). The van der Waals surface area contributed by atoms with E-state index < -0.39 is 6.09 Å². The van der Waals surface area contributed by atoms with Gasteiger partial charge in [-0.05, 0) is 35.7 Å². The molecule has 0 unspecified atom stereocenters. The Bertz CT molecular complexity index is 725. The van der Waals surface area contributed by atoms with E-state index in [0.717, 1.165) is 5.56 Å². The van der Waals surface area contributed by atoms with Crippen molar-refractivity contribution in [2.24, 2.45) is 0 Å². The predicted molar refractivity (Wildman–Crippen MR) is 91.2 cm³/mol. The van der Waals surface area contributed by atoms with Gasteiger partial charge >= 0.3 is 6.09 Å². The van der Waals surface area contributed by atoms with Crippen LogP contribution in [0.3, 0.4) is 0 Å². The van der Waals surface area contributed by atoms with E-state index in [1.54, 1.807) is 12.1 Å². The van der Waals surface area contributed by atoms with E-state index in [4.69, 9.17) is 22.0 Å². The van der Waals surface area contributed by atoms with Gasteiger partial charge in [0, 0.05) is 12.2 Å². The smallest absolute Gasteiger partial charge is 0.409 e. The Morgan fingerprint density at radius 3 is 2.30 bits per heavy atom. The molecule has 0 saturated carbocycles. The number of amides is 1. The fraction of sp³-hybridized carbons (Fsp3) is 0.167. The minimum atomic E-state index is -1.19. The largest absolute Gasteiger partial charge is 0.465 e. The predicted octanol–water partition coefficient (Wildman–Crippen LogP) is 3.54. The number of carboxylic acid groups (broad SMARTS) is 1. The third-order valence-electron chi connectivity index (χ3n) is 3.33. The molecule has 5 heteroatoms. The van der Waals surface area contributed by atoms with Crippen LogP contribution in [0.2, 0.25) is 0 Å². The number of nitrogens with one attached hydrogen (secondary N) is 1. The number of carbonyl (C=O) groups is 1. The molecule has 1 aromatic rings. The molecule has 0 radical (unpaired) electrons. The Morgan fingerprint density at radius 1 is 1.30 bits per heavy atom. The second-order valence-electron chi connectivity index (χ2n) is 4.89. The van der Waals surface area contributed by atoms with E-state index in [-0.39, 0.29) is 11.4 Å². The van der Waals surface area contributed by atoms with Gasteiger partial charge in [0.1, 0.15) is 0 Å². The van der Waals surface area contributed by atoms with Crippen molar-refractivity contribution in [2.45, 2.75) is 13.5 Å². The minimum Gasteiger partial charge on any atom is -0.465 e. The summed E-state index contributed by atoms with van der Waals surface area (Å²) in [4.78, 5) is 10.6. The molecule has 0 fully saturated rings. The number of anilines is 2. The van der Waals surface area contributed by atoms with Crippen LogP contribution in [0.4, 0.5) is 16.2 Å². The van der Waals surface area contributed by atoms with Crippen LogP contribution >= 0.6 is 0 Å². The standard InChI is InChI=1S/C12H14N2O3.C6H4/c1-3-9-5-8(7-17-4-2)6-10(11(9)13)14-12(15)16;1-2-6-4-3-5(1)6/h1,5-6,14H,4,7,13H2,2H3,(H,15,16);1-4H. The fourth-order valence-electron chi connectivity index (χ4n) is 2.02. The Balaban J connectivity index is 0.000000260. The van der Waals surface area contributed by atoms with Gasteiger partial charge in [-0.1, -0.05) is 30.2 Å². The molecule has 0 bridgehead atoms. The van der Waals surface area contributed by atoms with Gasteiger partial charge in [0.15, 0.2) is 0 Å².